The minimum Gasteiger partial charge on any atom is -0.303 e. The summed E-state index contributed by atoms with van der Waals surface area (Å²) < 4.78 is 0. The molecule has 1 nitrogen and oxygen atoms in total. The number of likely N-dealkylation sites (tertiary alicyclic amines) is 1. The summed E-state index contributed by atoms with van der Waals surface area (Å²) in [5.74, 6) is 1.40. The van der Waals surface area contributed by atoms with Crippen LogP contribution >= 0.6 is 0 Å². The van der Waals surface area contributed by atoms with Crippen LogP contribution in [0.5, 0.6) is 0 Å². The Kier molecular flexibility index (Phi) is 4.22. The Morgan fingerprint density at radius 1 is 1.24 bits per heavy atom. The topological polar surface area (TPSA) is 3.24 Å². The summed E-state index contributed by atoms with van der Waals surface area (Å²) in [5.41, 5.74) is 2.99. The van der Waals surface area contributed by atoms with E-state index in [1.807, 2.05) is 0 Å². The molecule has 1 saturated heterocycles. The van der Waals surface area contributed by atoms with Crippen LogP contribution in [0.1, 0.15) is 56.6 Å². The van der Waals surface area contributed by atoms with E-state index >= 15 is 0 Å². The standard InChI is InChI=1S/C16H25N/c1-4-17-11-5-6-16(12-17)15-9-7-14(8-10-15)13(2)3/h7-10,13,16H,4-6,11-12H2,1-3H3. The van der Waals surface area contributed by atoms with E-state index in [0.29, 0.717) is 5.92 Å². The van der Waals surface area contributed by atoms with Crippen molar-refractivity contribution in [3.05, 3.63) is 35.4 Å². The molecule has 1 aliphatic rings. The highest BCUT2D eigenvalue weighted by Gasteiger charge is 2.19. The largest absolute Gasteiger partial charge is 0.303 e. The van der Waals surface area contributed by atoms with Gasteiger partial charge in [0.05, 0.1) is 0 Å². The van der Waals surface area contributed by atoms with Gasteiger partial charge in [0.25, 0.3) is 0 Å². The first kappa shape index (κ1) is 12.6. The lowest BCUT2D eigenvalue weighted by atomic mass is 9.89. The minimum atomic E-state index is 0.641. The molecule has 17 heavy (non-hydrogen) atoms. The van der Waals surface area contributed by atoms with E-state index in [1.54, 1.807) is 0 Å². The predicted octanol–water partition coefficient (Wildman–Crippen LogP) is 4.01. The van der Waals surface area contributed by atoms with Gasteiger partial charge < -0.3 is 4.90 Å². The minimum absolute atomic E-state index is 0.641. The first-order valence-electron chi connectivity index (χ1n) is 7.03. The van der Waals surface area contributed by atoms with E-state index in [9.17, 15) is 0 Å². The summed E-state index contributed by atoms with van der Waals surface area (Å²) in [4.78, 5) is 2.57. The summed E-state index contributed by atoms with van der Waals surface area (Å²) in [6.07, 6.45) is 2.71. The predicted molar refractivity (Wildman–Crippen MR) is 74.6 cm³/mol. The van der Waals surface area contributed by atoms with Gasteiger partial charge in [-0.3, -0.25) is 0 Å². The van der Waals surface area contributed by atoms with E-state index in [1.165, 1.54) is 43.6 Å². The van der Waals surface area contributed by atoms with E-state index in [4.69, 9.17) is 0 Å². The van der Waals surface area contributed by atoms with Crippen LogP contribution < -0.4 is 0 Å². The third-order valence-corrected chi connectivity index (χ3v) is 4.03. The second-order valence-corrected chi connectivity index (χ2v) is 5.55. The second kappa shape index (κ2) is 5.68. The van der Waals surface area contributed by atoms with E-state index in [0.717, 1.165) is 5.92 Å². The van der Waals surface area contributed by atoms with Crippen LogP contribution in [-0.2, 0) is 0 Å². The van der Waals surface area contributed by atoms with Gasteiger partial charge in [-0.15, -0.1) is 0 Å². The van der Waals surface area contributed by atoms with Gasteiger partial charge in [-0.2, -0.15) is 0 Å². The first-order chi connectivity index (χ1) is 8.20. The number of piperidine rings is 1. The molecule has 1 aromatic carbocycles. The monoisotopic (exact) mass is 231 g/mol. The second-order valence-electron chi connectivity index (χ2n) is 5.55. The fourth-order valence-corrected chi connectivity index (χ4v) is 2.77. The van der Waals surface area contributed by atoms with Crippen molar-refractivity contribution < 1.29 is 0 Å². The molecule has 2 rings (SSSR count). The van der Waals surface area contributed by atoms with Crippen LogP contribution in [0.2, 0.25) is 0 Å². The summed E-state index contributed by atoms with van der Waals surface area (Å²) in [7, 11) is 0. The Morgan fingerprint density at radius 2 is 1.94 bits per heavy atom. The molecule has 1 atom stereocenters. The molecule has 0 amide bonds. The molecule has 0 spiro atoms. The maximum Gasteiger partial charge on any atom is 0.00502 e. The Morgan fingerprint density at radius 3 is 2.53 bits per heavy atom. The quantitative estimate of drug-likeness (QED) is 0.759. The van der Waals surface area contributed by atoms with Crippen LogP contribution in [-0.4, -0.2) is 24.5 Å². The zero-order valence-electron chi connectivity index (χ0n) is 11.4. The number of hydrogen-bond acceptors (Lipinski definition) is 1. The van der Waals surface area contributed by atoms with Crippen molar-refractivity contribution >= 4 is 0 Å². The number of likely N-dealkylation sites (N-methyl/N-ethyl adjacent to an activating group) is 1. The van der Waals surface area contributed by atoms with E-state index < -0.39 is 0 Å². The lowest BCUT2D eigenvalue weighted by Crippen LogP contribution is -2.34. The van der Waals surface area contributed by atoms with Crippen molar-refractivity contribution in [2.75, 3.05) is 19.6 Å². The molecule has 1 unspecified atom stereocenters. The third kappa shape index (κ3) is 3.10. The van der Waals surface area contributed by atoms with E-state index in [2.05, 4.69) is 49.9 Å². The number of rotatable bonds is 3. The number of benzene rings is 1. The van der Waals surface area contributed by atoms with Gasteiger partial charge in [0.1, 0.15) is 0 Å². The van der Waals surface area contributed by atoms with Crippen LogP contribution in [0.15, 0.2) is 24.3 Å². The van der Waals surface area contributed by atoms with Gasteiger partial charge >= 0.3 is 0 Å². The molecule has 0 saturated carbocycles. The van der Waals surface area contributed by atoms with Crippen molar-refractivity contribution in [2.45, 2.75) is 45.4 Å². The van der Waals surface area contributed by atoms with E-state index in [-0.39, 0.29) is 0 Å². The summed E-state index contributed by atoms with van der Waals surface area (Å²) in [6.45, 7) is 10.5. The molecule has 1 aromatic rings. The molecule has 1 fully saturated rings. The average molecular weight is 231 g/mol. The summed E-state index contributed by atoms with van der Waals surface area (Å²) >= 11 is 0. The molecule has 0 aliphatic carbocycles. The molecule has 1 aliphatic heterocycles. The Labute approximate surface area is 106 Å². The van der Waals surface area contributed by atoms with Gasteiger partial charge in [-0.05, 0) is 48.9 Å². The summed E-state index contributed by atoms with van der Waals surface area (Å²) in [5, 5.41) is 0. The smallest absolute Gasteiger partial charge is 0.00502 e. The van der Waals surface area contributed by atoms with Crippen molar-refractivity contribution in [2.24, 2.45) is 0 Å². The Hall–Kier alpha value is -0.820. The fourth-order valence-electron chi connectivity index (χ4n) is 2.77. The van der Waals surface area contributed by atoms with Crippen molar-refractivity contribution in [3.63, 3.8) is 0 Å². The highest BCUT2D eigenvalue weighted by Crippen LogP contribution is 2.27. The van der Waals surface area contributed by atoms with Crippen LogP contribution in [0.25, 0.3) is 0 Å². The van der Waals surface area contributed by atoms with Gasteiger partial charge in [-0.25, -0.2) is 0 Å². The average Bonchev–Trinajstić information content (AvgIpc) is 2.39. The maximum absolute atomic E-state index is 2.57. The van der Waals surface area contributed by atoms with Crippen molar-refractivity contribution in [3.8, 4) is 0 Å². The van der Waals surface area contributed by atoms with Crippen LogP contribution in [0.3, 0.4) is 0 Å². The molecule has 0 N–H and O–H groups in total. The molecule has 1 heterocycles. The van der Waals surface area contributed by atoms with Gasteiger partial charge in [0, 0.05) is 6.54 Å². The van der Waals surface area contributed by atoms with Crippen molar-refractivity contribution in [1.82, 2.24) is 4.90 Å². The Bertz CT molecular complexity index is 339. The maximum atomic E-state index is 2.57. The summed E-state index contributed by atoms with van der Waals surface area (Å²) in [6, 6.07) is 9.31. The molecule has 94 valence electrons. The lowest BCUT2D eigenvalue weighted by molar-refractivity contribution is 0.218. The molecular formula is C16H25N. The molecule has 0 radical (unpaired) electrons. The number of hydrogen-bond donors (Lipinski definition) is 0. The zero-order valence-corrected chi connectivity index (χ0v) is 11.4. The zero-order chi connectivity index (χ0) is 12.3. The normalized spacial score (nSPS) is 22.0. The fraction of sp³-hybridized carbons (Fsp3) is 0.625. The molecular weight excluding hydrogens is 206 g/mol. The molecule has 1 heteroatoms. The highest BCUT2D eigenvalue weighted by atomic mass is 15.1. The highest BCUT2D eigenvalue weighted by molar-refractivity contribution is 5.27. The number of nitrogens with zero attached hydrogens (tertiary/aromatic N) is 1. The SMILES string of the molecule is CCN1CCCC(c2ccc(C(C)C)cc2)C1. The third-order valence-electron chi connectivity index (χ3n) is 4.03. The molecule has 0 bridgehead atoms. The Balaban J connectivity index is 2.06. The van der Waals surface area contributed by atoms with Gasteiger partial charge in [0.15, 0.2) is 0 Å². The van der Waals surface area contributed by atoms with Gasteiger partial charge in [-0.1, -0.05) is 45.0 Å². The van der Waals surface area contributed by atoms with Crippen molar-refractivity contribution in [1.29, 1.82) is 0 Å². The van der Waals surface area contributed by atoms with Crippen LogP contribution in [0, 0.1) is 0 Å². The van der Waals surface area contributed by atoms with Gasteiger partial charge in [0.2, 0.25) is 0 Å². The lowest BCUT2D eigenvalue weighted by Gasteiger charge is -2.32. The van der Waals surface area contributed by atoms with Crippen LogP contribution in [0.4, 0.5) is 0 Å². The molecule has 0 aromatic heterocycles. The first-order valence-corrected chi connectivity index (χ1v) is 7.03.